The fourth-order valence-corrected chi connectivity index (χ4v) is 4.01. The Hall–Kier alpha value is -2.17. The first-order valence-corrected chi connectivity index (χ1v) is 11.7. The predicted molar refractivity (Wildman–Crippen MR) is 122 cm³/mol. The topological polar surface area (TPSA) is 74.1 Å². The van der Waals surface area contributed by atoms with Gasteiger partial charge in [0.2, 0.25) is 5.16 Å². The molecule has 3 aromatic rings. The van der Waals surface area contributed by atoms with Crippen molar-refractivity contribution in [2.24, 2.45) is 7.05 Å². The number of nitrogens with zero attached hydrogens (tertiary/aromatic N) is 4. The van der Waals surface area contributed by atoms with Crippen LogP contribution in [0.15, 0.2) is 46.0 Å². The van der Waals surface area contributed by atoms with Gasteiger partial charge in [-0.1, -0.05) is 39.8 Å². The molecule has 0 unspecified atom stereocenters. The highest BCUT2D eigenvalue weighted by molar-refractivity contribution is 9.10. The lowest BCUT2D eigenvalue weighted by Gasteiger charge is -2.15. The fraction of sp³-hybridized carbons (Fsp3) is 0.381. The van der Waals surface area contributed by atoms with Gasteiger partial charge in [0.25, 0.3) is 0 Å². The first kappa shape index (κ1) is 23.5. The van der Waals surface area contributed by atoms with Crippen LogP contribution in [0.3, 0.4) is 0 Å². The highest BCUT2D eigenvalue weighted by Crippen LogP contribution is 2.34. The number of hydrogen-bond donors (Lipinski definition) is 1. The lowest BCUT2D eigenvalue weighted by atomic mass is 10.2. The molecule has 1 aromatic heterocycles. The first-order valence-electron chi connectivity index (χ1n) is 9.95. The molecule has 31 heavy (non-hydrogen) atoms. The van der Waals surface area contributed by atoms with E-state index in [2.05, 4.69) is 36.8 Å². The molecule has 2 aromatic carbocycles. The van der Waals surface area contributed by atoms with Crippen molar-refractivity contribution in [3.8, 4) is 11.5 Å². The Morgan fingerprint density at radius 1 is 1.16 bits per heavy atom. The quantitative estimate of drug-likeness (QED) is 0.287. The second-order valence-electron chi connectivity index (χ2n) is 6.70. The molecule has 0 aliphatic carbocycles. The molecule has 0 atom stereocenters. The molecule has 0 saturated carbocycles. The molecule has 1 N–H and O–H groups in total. The number of tetrazole rings is 1. The molecule has 0 saturated heterocycles. The third kappa shape index (κ3) is 7.19. The molecule has 0 aliphatic rings. The van der Waals surface area contributed by atoms with Gasteiger partial charge in [-0.3, -0.25) is 0 Å². The SMILES string of the molecule is CCOc1cc(CNCCCSc2nnnn2C)c(Br)cc1OCc1ccc(F)cc1. The van der Waals surface area contributed by atoms with E-state index in [4.69, 9.17) is 9.47 Å². The van der Waals surface area contributed by atoms with E-state index in [0.29, 0.717) is 31.3 Å². The van der Waals surface area contributed by atoms with Crippen LogP contribution in [0, 0.1) is 5.82 Å². The van der Waals surface area contributed by atoms with Gasteiger partial charge in [-0.15, -0.1) is 5.10 Å². The predicted octanol–water partition coefficient (Wildman–Crippen LogP) is 4.36. The molecule has 0 aliphatic heterocycles. The number of benzene rings is 2. The van der Waals surface area contributed by atoms with Crippen molar-refractivity contribution < 1.29 is 13.9 Å². The minimum Gasteiger partial charge on any atom is -0.490 e. The van der Waals surface area contributed by atoms with E-state index in [9.17, 15) is 4.39 Å². The van der Waals surface area contributed by atoms with Crippen LogP contribution in [0.1, 0.15) is 24.5 Å². The first-order chi connectivity index (χ1) is 15.1. The summed E-state index contributed by atoms with van der Waals surface area (Å²) in [6.07, 6.45) is 0.992. The molecule has 0 spiro atoms. The highest BCUT2D eigenvalue weighted by Gasteiger charge is 2.11. The second-order valence-corrected chi connectivity index (χ2v) is 8.62. The zero-order valence-corrected chi connectivity index (χ0v) is 19.9. The van der Waals surface area contributed by atoms with Crippen molar-refractivity contribution in [2.75, 3.05) is 18.9 Å². The molecule has 7 nitrogen and oxygen atoms in total. The van der Waals surface area contributed by atoms with E-state index in [1.54, 1.807) is 28.6 Å². The Labute approximate surface area is 193 Å². The zero-order chi connectivity index (χ0) is 22.1. The van der Waals surface area contributed by atoms with Gasteiger partial charge < -0.3 is 14.8 Å². The molecule has 166 valence electrons. The molecule has 0 amide bonds. The van der Waals surface area contributed by atoms with Crippen molar-refractivity contribution >= 4 is 27.7 Å². The van der Waals surface area contributed by atoms with Crippen LogP contribution in [0.4, 0.5) is 4.39 Å². The van der Waals surface area contributed by atoms with Gasteiger partial charge in [0.05, 0.1) is 6.61 Å². The minimum absolute atomic E-state index is 0.261. The molecular weight excluding hydrogens is 485 g/mol. The molecule has 0 fully saturated rings. The minimum atomic E-state index is -0.261. The summed E-state index contributed by atoms with van der Waals surface area (Å²) in [5.41, 5.74) is 1.98. The summed E-state index contributed by atoms with van der Waals surface area (Å²) >= 11 is 5.27. The number of rotatable bonds is 12. The Balaban J connectivity index is 1.51. The highest BCUT2D eigenvalue weighted by atomic mass is 79.9. The van der Waals surface area contributed by atoms with Gasteiger partial charge in [-0.2, -0.15) is 0 Å². The summed E-state index contributed by atoms with van der Waals surface area (Å²) in [7, 11) is 1.83. The lowest BCUT2D eigenvalue weighted by Crippen LogP contribution is -2.16. The van der Waals surface area contributed by atoms with Crippen molar-refractivity contribution in [2.45, 2.75) is 31.7 Å². The maximum atomic E-state index is 13.1. The van der Waals surface area contributed by atoms with Crippen molar-refractivity contribution in [3.63, 3.8) is 0 Å². The number of ether oxygens (including phenoxy) is 2. The van der Waals surface area contributed by atoms with E-state index >= 15 is 0 Å². The summed E-state index contributed by atoms with van der Waals surface area (Å²) < 4.78 is 27.4. The molecule has 1 heterocycles. The van der Waals surface area contributed by atoms with E-state index in [0.717, 1.165) is 39.5 Å². The molecule has 0 radical (unpaired) electrons. The van der Waals surface area contributed by atoms with Crippen molar-refractivity contribution in [3.05, 3.63) is 57.8 Å². The zero-order valence-electron chi connectivity index (χ0n) is 17.5. The summed E-state index contributed by atoms with van der Waals surface area (Å²) in [6.45, 7) is 4.39. The van der Waals surface area contributed by atoms with Crippen LogP contribution < -0.4 is 14.8 Å². The number of thioether (sulfide) groups is 1. The second kappa shape index (κ2) is 12.0. The largest absolute Gasteiger partial charge is 0.490 e. The third-order valence-electron chi connectivity index (χ3n) is 4.35. The van der Waals surface area contributed by atoms with Gasteiger partial charge >= 0.3 is 0 Å². The maximum Gasteiger partial charge on any atom is 0.209 e. The van der Waals surface area contributed by atoms with E-state index in [1.165, 1.54) is 12.1 Å². The number of aromatic nitrogens is 4. The summed E-state index contributed by atoms with van der Waals surface area (Å²) in [5.74, 6) is 2.01. The number of halogens is 2. The summed E-state index contributed by atoms with van der Waals surface area (Å²) in [6, 6.07) is 10.2. The van der Waals surface area contributed by atoms with Gasteiger partial charge in [0.15, 0.2) is 11.5 Å². The van der Waals surface area contributed by atoms with Crippen LogP contribution in [0.5, 0.6) is 11.5 Å². The number of nitrogens with one attached hydrogen (secondary N) is 1. The molecule has 10 heteroatoms. The smallest absolute Gasteiger partial charge is 0.209 e. The van der Waals surface area contributed by atoms with Gasteiger partial charge in [-0.25, -0.2) is 9.07 Å². The number of hydrogen-bond acceptors (Lipinski definition) is 7. The van der Waals surface area contributed by atoms with Crippen LogP contribution in [-0.4, -0.2) is 39.1 Å². The van der Waals surface area contributed by atoms with Crippen LogP contribution in [0.2, 0.25) is 0 Å². The van der Waals surface area contributed by atoms with Gasteiger partial charge in [0, 0.05) is 23.8 Å². The Bertz CT molecular complexity index is 971. The summed E-state index contributed by atoms with van der Waals surface area (Å²) in [5, 5.41) is 15.7. The van der Waals surface area contributed by atoms with Gasteiger partial charge in [0.1, 0.15) is 12.4 Å². The Morgan fingerprint density at radius 3 is 2.65 bits per heavy atom. The molecule has 0 bridgehead atoms. The Morgan fingerprint density at radius 2 is 1.94 bits per heavy atom. The van der Waals surface area contributed by atoms with Crippen LogP contribution >= 0.6 is 27.7 Å². The average molecular weight is 510 g/mol. The van der Waals surface area contributed by atoms with E-state index in [1.807, 2.05) is 26.1 Å². The van der Waals surface area contributed by atoms with Crippen LogP contribution in [-0.2, 0) is 20.2 Å². The summed E-state index contributed by atoms with van der Waals surface area (Å²) in [4.78, 5) is 0. The van der Waals surface area contributed by atoms with Crippen molar-refractivity contribution in [1.29, 1.82) is 0 Å². The standard InChI is InChI=1S/C21H25BrFN5O2S/c1-3-29-19-11-16(13-24-9-4-10-31-21-25-26-27-28(21)2)18(22)12-20(19)30-14-15-5-7-17(23)8-6-15/h5-8,11-12,24H,3-4,9-10,13-14H2,1-2H3. The van der Waals surface area contributed by atoms with Gasteiger partial charge in [-0.05, 0) is 65.7 Å². The van der Waals surface area contributed by atoms with E-state index < -0.39 is 0 Å². The average Bonchev–Trinajstić information content (AvgIpc) is 3.17. The lowest BCUT2D eigenvalue weighted by molar-refractivity contribution is 0.268. The Kier molecular flexibility index (Phi) is 9.11. The van der Waals surface area contributed by atoms with Crippen molar-refractivity contribution in [1.82, 2.24) is 25.5 Å². The monoisotopic (exact) mass is 509 g/mol. The molecular formula is C21H25BrFN5O2S. The normalized spacial score (nSPS) is 11.0. The van der Waals surface area contributed by atoms with Crippen LogP contribution in [0.25, 0.3) is 0 Å². The number of aryl methyl sites for hydroxylation is 1. The third-order valence-corrected chi connectivity index (χ3v) is 6.18. The fourth-order valence-electron chi connectivity index (χ4n) is 2.76. The van der Waals surface area contributed by atoms with E-state index in [-0.39, 0.29) is 5.82 Å². The maximum absolute atomic E-state index is 13.1. The molecule has 3 rings (SSSR count).